The van der Waals surface area contributed by atoms with Crippen LogP contribution < -0.4 is 15.4 Å². The number of aryl methyl sites for hydroxylation is 1. The summed E-state index contributed by atoms with van der Waals surface area (Å²) in [5.74, 6) is -0.506. The van der Waals surface area contributed by atoms with E-state index in [0.29, 0.717) is 17.1 Å². The highest BCUT2D eigenvalue weighted by molar-refractivity contribution is 9.10. The normalized spacial score (nSPS) is 16.3. The predicted molar refractivity (Wildman–Crippen MR) is 87.0 cm³/mol. The van der Waals surface area contributed by atoms with Gasteiger partial charge in [-0.3, -0.25) is 9.59 Å². The van der Waals surface area contributed by atoms with Crippen molar-refractivity contribution in [2.45, 2.75) is 13.0 Å². The lowest BCUT2D eigenvalue weighted by Crippen LogP contribution is -2.45. The van der Waals surface area contributed by atoms with Crippen molar-refractivity contribution in [3.05, 3.63) is 52.5 Å². The van der Waals surface area contributed by atoms with E-state index in [1.165, 1.54) is 0 Å². The molecule has 1 heterocycles. The van der Waals surface area contributed by atoms with Gasteiger partial charge in [0, 0.05) is 10.2 Å². The van der Waals surface area contributed by atoms with Crippen molar-refractivity contribution in [2.75, 3.05) is 10.6 Å². The number of benzene rings is 2. The van der Waals surface area contributed by atoms with Crippen LogP contribution in [0, 0.1) is 6.92 Å². The van der Waals surface area contributed by atoms with E-state index in [1.54, 1.807) is 30.3 Å². The minimum atomic E-state index is -1.21. The van der Waals surface area contributed by atoms with Gasteiger partial charge in [-0.1, -0.05) is 28.1 Å². The molecular formula is C16H13BrN2O3. The standard InChI is InChI=1S/C16H13BrN2O3/c1-9-8-10(6-7-11(9)17)18-15(20)14-16(21)19-12-4-2-3-5-13(12)22-14/h2-8,14H,1H3,(H,18,20)(H,19,21)/t14-/m0/s1. The summed E-state index contributed by atoms with van der Waals surface area (Å²) in [6.07, 6.45) is -1.21. The molecule has 1 atom stereocenters. The van der Waals surface area contributed by atoms with E-state index >= 15 is 0 Å². The number of amides is 2. The number of carbonyl (C=O) groups excluding carboxylic acids is 2. The second kappa shape index (κ2) is 5.81. The lowest BCUT2D eigenvalue weighted by Gasteiger charge is -2.24. The summed E-state index contributed by atoms with van der Waals surface area (Å²) in [4.78, 5) is 24.3. The zero-order chi connectivity index (χ0) is 15.7. The highest BCUT2D eigenvalue weighted by atomic mass is 79.9. The summed E-state index contributed by atoms with van der Waals surface area (Å²) in [5, 5.41) is 5.36. The molecule has 5 nitrogen and oxygen atoms in total. The van der Waals surface area contributed by atoms with Gasteiger partial charge in [-0.2, -0.15) is 0 Å². The van der Waals surface area contributed by atoms with Gasteiger partial charge in [0.1, 0.15) is 5.75 Å². The Morgan fingerprint density at radius 2 is 2.05 bits per heavy atom. The number of para-hydroxylation sites is 2. The van der Waals surface area contributed by atoms with E-state index < -0.39 is 17.9 Å². The van der Waals surface area contributed by atoms with Gasteiger partial charge in [0.2, 0.25) is 0 Å². The zero-order valence-corrected chi connectivity index (χ0v) is 13.3. The van der Waals surface area contributed by atoms with Gasteiger partial charge < -0.3 is 15.4 Å². The second-order valence-electron chi connectivity index (χ2n) is 4.94. The molecule has 3 rings (SSSR count). The van der Waals surface area contributed by atoms with E-state index in [2.05, 4.69) is 26.6 Å². The van der Waals surface area contributed by atoms with Gasteiger partial charge in [-0.05, 0) is 42.8 Å². The zero-order valence-electron chi connectivity index (χ0n) is 11.7. The van der Waals surface area contributed by atoms with E-state index in [1.807, 2.05) is 19.1 Å². The Kier molecular flexibility index (Phi) is 3.85. The van der Waals surface area contributed by atoms with Crippen LogP contribution in [0.4, 0.5) is 11.4 Å². The first-order valence-electron chi connectivity index (χ1n) is 6.68. The third kappa shape index (κ3) is 2.82. The quantitative estimate of drug-likeness (QED) is 0.808. The Hall–Kier alpha value is -2.34. The highest BCUT2D eigenvalue weighted by Gasteiger charge is 2.33. The van der Waals surface area contributed by atoms with Gasteiger partial charge in [-0.25, -0.2) is 0 Å². The molecule has 22 heavy (non-hydrogen) atoms. The molecule has 0 saturated carbocycles. The van der Waals surface area contributed by atoms with Crippen molar-refractivity contribution >= 4 is 39.1 Å². The second-order valence-corrected chi connectivity index (χ2v) is 5.79. The largest absolute Gasteiger partial charge is 0.468 e. The molecule has 2 aromatic carbocycles. The number of ether oxygens (including phenoxy) is 1. The molecule has 0 spiro atoms. The molecule has 2 N–H and O–H groups in total. The lowest BCUT2D eigenvalue weighted by molar-refractivity contribution is -0.133. The summed E-state index contributed by atoms with van der Waals surface area (Å²) < 4.78 is 6.45. The molecule has 2 amide bonds. The molecule has 112 valence electrons. The Labute approximate surface area is 135 Å². The van der Waals surface area contributed by atoms with Gasteiger partial charge >= 0.3 is 0 Å². The fourth-order valence-corrected chi connectivity index (χ4v) is 2.40. The molecule has 1 aliphatic heterocycles. The van der Waals surface area contributed by atoms with Crippen LogP contribution in [0.25, 0.3) is 0 Å². The van der Waals surface area contributed by atoms with E-state index in [9.17, 15) is 9.59 Å². The monoisotopic (exact) mass is 360 g/mol. The molecule has 0 aromatic heterocycles. The smallest absolute Gasteiger partial charge is 0.275 e. The summed E-state index contributed by atoms with van der Waals surface area (Å²) in [5.41, 5.74) is 2.16. The first kappa shape index (κ1) is 14.6. The van der Waals surface area contributed by atoms with Crippen LogP contribution in [0.3, 0.4) is 0 Å². The van der Waals surface area contributed by atoms with Crippen LogP contribution in [0.5, 0.6) is 5.75 Å². The van der Waals surface area contributed by atoms with Crippen molar-refractivity contribution < 1.29 is 14.3 Å². The molecule has 1 aliphatic rings. The molecular weight excluding hydrogens is 348 g/mol. The highest BCUT2D eigenvalue weighted by Crippen LogP contribution is 2.29. The Bertz CT molecular complexity index is 761. The van der Waals surface area contributed by atoms with Crippen molar-refractivity contribution in [3.8, 4) is 5.75 Å². The molecule has 0 unspecified atom stereocenters. The fraction of sp³-hybridized carbons (Fsp3) is 0.125. The predicted octanol–water partition coefficient (Wildman–Crippen LogP) is 3.10. The maximum absolute atomic E-state index is 12.3. The molecule has 0 fully saturated rings. The number of fused-ring (bicyclic) bond motifs is 1. The van der Waals surface area contributed by atoms with Crippen LogP contribution in [0.2, 0.25) is 0 Å². The van der Waals surface area contributed by atoms with E-state index in [4.69, 9.17) is 4.74 Å². The van der Waals surface area contributed by atoms with Crippen LogP contribution in [0.15, 0.2) is 46.9 Å². The summed E-state index contributed by atoms with van der Waals surface area (Å²) in [6.45, 7) is 1.92. The number of hydrogen-bond acceptors (Lipinski definition) is 3. The van der Waals surface area contributed by atoms with Gasteiger partial charge in [0.25, 0.3) is 17.9 Å². The number of anilines is 2. The summed E-state index contributed by atoms with van der Waals surface area (Å²) >= 11 is 3.40. The molecule has 0 aliphatic carbocycles. The number of carbonyl (C=O) groups is 2. The molecule has 6 heteroatoms. The van der Waals surface area contributed by atoms with Crippen LogP contribution in [-0.2, 0) is 9.59 Å². The fourth-order valence-electron chi connectivity index (χ4n) is 2.15. The number of rotatable bonds is 2. The average Bonchev–Trinajstić information content (AvgIpc) is 2.50. The van der Waals surface area contributed by atoms with Crippen molar-refractivity contribution in [1.29, 1.82) is 0 Å². The Morgan fingerprint density at radius 3 is 2.82 bits per heavy atom. The van der Waals surface area contributed by atoms with Gasteiger partial charge in [0.15, 0.2) is 0 Å². The molecule has 2 aromatic rings. The summed E-state index contributed by atoms with van der Waals surface area (Å²) in [7, 11) is 0. The molecule has 0 saturated heterocycles. The molecule has 0 bridgehead atoms. The minimum Gasteiger partial charge on any atom is -0.468 e. The van der Waals surface area contributed by atoms with Gasteiger partial charge in [-0.15, -0.1) is 0 Å². The number of halogens is 1. The van der Waals surface area contributed by atoms with Crippen LogP contribution >= 0.6 is 15.9 Å². The van der Waals surface area contributed by atoms with E-state index in [-0.39, 0.29) is 0 Å². The maximum atomic E-state index is 12.3. The summed E-state index contributed by atoms with van der Waals surface area (Å²) in [6, 6.07) is 12.4. The number of nitrogens with one attached hydrogen (secondary N) is 2. The minimum absolute atomic E-state index is 0.481. The van der Waals surface area contributed by atoms with Crippen molar-refractivity contribution in [3.63, 3.8) is 0 Å². The number of hydrogen-bond donors (Lipinski definition) is 2. The first-order chi connectivity index (χ1) is 10.5. The first-order valence-corrected chi connectivity index (χ1v) is 7.47. The Morgan fingerprint density at radius 1 is 1.27 bits per heavy atom. The van der Waals surface area contributed by atoms with Crippen molar-refractivity contribution in [2.24, 2.45) is 0 Å². The maximum Gasteiger partial charge on any atom is 0.275 e. The van der Waals surface area contributed by atoms with Crippen LogP contribution in [0.1, 0.15) is 5.56 Å². The Balaban J connectivity index is 1.78. The van der Waals surface area contributed by atoms with Crippen LogP contribution in [-0.4, -0.2) is 17.9 Å². The lowest BCUT2D eigenvalue weighted by atomic mass is 10.2. The SMILES string of the molecule is Cc1cc(NC(=O)[C@@H]2Oc3ccccc3NC2=O)ccc1Br. The third-order valence-electron chi connectivity index (χ3n) is 3.29. The third-order valence-corrected chi connectivity index (χ3v) is 4.18. The average molecular weight is 361 g/mol. The van der Waals surface area contributed by atoms with E-state index in [0.717, 1.165) is 10.0 Å². The van der Waals surface area contributed by atoms with Crippen molar-refractivity contribution in [1.82, 2.24) is 0 Å². The topological polar surface area (TPSA) is 67.4 Å². The molecule has 0 radical (unpaired) electrons. The van der Waals surface area contributed by atoms with Gasteiger partial charge in [0.05, 0.1) is 5.69 Å².